The summed E-state index contributed by atoms with van der Waals surface area (Å²) in [5, 5.41) is 3.62. The van der Waals surface area contributed by atoms with Gasteiger partial charge >= 0.3 is 5.97 Å². The second kappa shape index (κ2) is 6.95. The van der Waals surface area contributed by atoms with Gasteiger partial charge in [-0.25, -0.2) is 9.78 Å². The fourth-order valence-electron chi connectivity index (χ4n) is 1.65. The number of carbonyl (C=O) groups is 1. The van der Waals surface area contributed by atoms with Crippen molar-refractivity contribution in [3.8, 4) is 0 Å². The first-order chi connectivity index (χ1) is 10.0. The monoisotopic (exact) mass is 417 g/mol. The highest BCUT2D eigenvalue weighted by Crippen LogP contribution is 2.27. The third kappa shape index (κ3) is 3.98. The fourth-order valence-corrected chi connectivity index (χ4v) is 2.55. The van der Waals surface area contributed by atoms with Crippen molar-refractivity contribution in [1.29, 1.82) is 0 Å². The van der Waals surface area contributed by atoms with E-state index < -0.39 is 5.97 Å². The van der Waals surface area contributed by atoms with Crippen molar-refractivity contribution in [3.05, 3.63) is 44.6 Å². The molecule has 0 amide bonds. The molecule has 0 aliphatic rings. The highest BCUT2D eigenvalue weighted by Gasteiger charge is 2.13. The maximum absolute atomic E-state index is 11.8. The predicted molar refractivity (Wildman–Crippen MR) is 92.1 cm³/mol. The molecule has 0 saturated carbocycles. The number of esters is 1. The number of anilines is 3. The van der Waals surface area contributed by atoms with Gasteiger partial charge in [-0.15, -0.1) is 0 Å². The lowest BCUT2D eigenvalue weighted by Gasteiger charge is -2.10. The van der Waals surface area contributed by atoms with Crippen LogP contribution < -0.4 is 11.1 Å². The van der Waals surface area contributed by atoms with Crippen molar-refractivity contribution >= 4 is 57.4 Å². The van der Waals surface area contributed by atoms with Crippen LogP contribution in [0, 0.1) is 3.57 Å². The van der Waals surface area contributed by atoms with Crippen molar-refractivity contribution in [2.75, 3.05) is 17.7 Å². The largest absolute Gasteiger partial charge is 0.462 e. The van der Waals surface area contributed by atoms with Crippen LogP contribution in [0.5, 0.6) is 0 Å². The van der Waals surface area contributed by atoms with Crippen LogP contribution in [0.4, 0.5) is 17.2 Å². The lowest BCUT2D eigenvalue weighted by molar-refractivity contribution is 0.0527. The number of pyridine rings is 1. The first kappa shape index (κ1) is 15.8. The number of nitrogens with two attached hydrogens (primary N) is 1. The third-order valence-corrected chi connectivity index (χ3v) is 3.61. The Morgan fingerprint density at radius 2 is 2.24 bits per heavy atom. The van der Waals surface area contributed by atoms with Gasteiger partial charge in [0.25, 0.3) is 0 Å². The normalized spacial score (nSPS) is 10.2. The highest BCUT2D eigenvalue weighted by atomic mass is 127. The van der Waals surface area contributed by atoms with Gasteiger partial charge in [0.15, 0.2) is 0 Å². The van der Waals surface area contributed by atoms with Gasteiger partial charge < -0.3 is 15.8 Å². The predicted octanol–water partition coefficient (Wildman–Crippen LogP) is 3.84. The molecule has 0 bridgehead atoms. The van der Waals surface area contributed by atoms with Crippen LogP contribution in [0.2, 0.25) is 5.02 Å². The van der Waals surface area contributed by atoms with Crippen LogP contribution in [-0.4, -0.2) is 17.6 Å². The van der Waals surface area contributed by atoms with Crippen LogP contribution in [0.25, 0.3) is 0 Å². The topological polar surface area (TPSA) is 77.2 Å². The van der Waals surface area contributed by atoms with Crippen LogP contribution in [0.3, 0.4) is 0 Å². The number of ether oxygens (including phenoxy) is 1. The molecule has 0 aliphatic heterocycles. The Balaban J connectivity index is 2.28. The van der Waals surface area contributed by atoms with E-state index in [0.717, 1.165) is 3.57 Å². The van der Waals surface area contributed by atoms with Crippen molar-refractivity contribution < 1.29 is 9.53 Å². The molecule has 7 heteroatoms. The van der Waals surface area contributed by atoms with E-state index in [1.54, 1.807) is 13.0 Å². The van der Waals surface area contributed by atoms with E-state index in [4.69, 9.17) is 22.1 Å². The smallest absolute Gasteiger partial charge is 0.340 e. The summed E-state index contributed by atoms with van der Waals surface area (Å²) in [5.74, 6) is -0.00971. The standard InChI is InChI=1S/C14H13ClIN3O2/c1-2-21-14(20)9-6-13(18-7-11(9)17)19-12-4-3-8(16)5-10(12)15/h3-7H,2,17H2,1H3,(H,18,19). The zero-order valence-corrected chi connectivity index (χ0v) is 14.1. The van der Waals surface area contributed by atoms with Gasteiger partial charge in [-0.3, -0.25) is 0 Å². The molecular formula is C14H13ClIN3O2. The number of nitrogens with zero attached hydrogens (tertiary/aromatic N) is 1. The van der Waals surface area contributed by atoms with Crippen molar-refractivity contribution in [1.82, 2.24) is 4.98 Å². The summed E-state index contributed by atoms with van der Waals surface area (Å²) in [6, 6.07) is 7.13. The van der Waals surface area contributed by atoms with E-state index in [1.807, 2.05) is 18.2 Å². The molecule has 0 unspecified atom stereocenters. The Hall–Kier alpha value is -1.54. The minimum Gasteiger partial charge on any atom is -0.462 e. The molecule has 0 spiro atoms. The summed E-state index contributed by atoms with van der Waals surface area (Å²) in [6.07, 6.45) is 1.41. The minimum absolute atomic E-state index is 0.271. The number of benzene rings is 1. The van der Waals surface area contributed by atoms with Crippen LogP contribution in [-0.2, 0) is 4.74 Å². The molecule has 1 heterocycles. The molecule has 0 saturated heterocycles. The van der Waals surface area contributed by atoms with Crippen molar-refractivity contribution in [2.45, 2.75) is 6.92 Å². The summed E-state index contributed by atoms with van der Waals surface area (Å²) in [4.78, 5) is 15.9. The third-order valence-electron chi connectivity index (χ3n) is 2.62. The molecule has 0 fully saturated rings. The second-order valence-corrected chi connectivity index (χ2v) is 5.78. The summed E-state index contributed by atoms with van der Waals surface area (Å²) >= 11 is 8.33. The number of nitrogens with one attached hydrogen (secondary N) is 1. The molecule has 21 heavy (non-hydrogen) atoms. The number of aromatic nitrogens is 1. The van der Waals surface area contributed by atoms with Crippen LogP contribution >= 0.6 is 34.2 Å². The number of rotatable bonds is 4. The lowest BCUT2D eigenvalue weighted by Crippen LogP contribution is -2.09. The maximum Gasteiger partial charge on any atom is 0.340 e. The highest BCUT2D eigenvalue weighted by molar-refractivity contribution is 14.1. The lowest BCUT2D eigenvalue weighted by atomic mass is 10.2. The molecular weight excluding hydrogens is 405 g/mol. The van der Waals surface area contributed by atoms with Gasteiger partial charge in [-0.2, -0.15) is 0 Å². The molecule has 2 rings (SSSR count). The van der Waals surface area contributed by atoms with Gasteiger partial charge in [0, 0.05) is 3.57 Å². The molecule has 1 aromatic heterocycles. The van der Waals surface area contributed by atoms with Crippen LogP contribution in [0.15, 0.2) is 30.5 Å². The SMILES string of the molecule is CCOC(=O)c1cc(Nc2ccc(I)cc2Cl)ncc1N. The second-order valence-electron chi connectivity index (χ2n) is 4.13. The van der Waals surface area contributed by atoms with E-state index in [2.05, 4.69) is 32.9 Å². The summed E-state index contributed by atoms with van der Waals surface area (Å²) in [7, 11) is 0. The molecule has 0 atom stereocenters. The Bertz CT molecular complexity index is 679. The van der Waals surface area contributed by atoms with E-state index in [-0.39, 0.29) is 17.9 Å². The first-order valence-electron chi connectivity index (χ1n) is 6.16. The van der Waals surface area contributed by atoms with E-state index in [0.29, 0.717) is 16.5 Å². The minimum atomic E-state index is -0.478. The Labute approximate surface area is 141 Å². The Morgan fingerprint density at radius 1 is 1.48 bits per heavy atom. The van der Waals surface area contributed by atoms with Gasteiger partial charge in [0.05, 0.1) is 34.8 Å². The average Bonchev–Trinajstić information content (AvgIpc) is 2.44. The van der Waals surface area contributed by atoms with E-state index >= 15 is 0 Å². The fraction of sp³-hybridized carbons (Fsp3) is 0.143. The molecule has 0 aliphatic carbocycles. The van der Waals surface area contributed by atoms with Gasteiger partial charge in [-0.05, 0) is 53.8 Å². The first-order valence-corrected chi connectivity index (χ1v) is 7.61. The molecule has 0 radical (unpaired) electrons. The zero-order chi connectivity index (χ0) is 15.4. The number of carbonyl (C=O) groups excluding carboxylic acids is 1. The Morgan fingerprint density at radius 3 is 2.90 bits per heavy atom. The molecule has 2 aromatic rings. The quantitative estimate of drug-likeness (QED) is 0.584. The summed E-state index contributed by atoms with van der Waals surface area (Å²) < 4.78 is 5.98. The zero-order valence-electron chi connectivity index (χ0n) is 11.2. The number of hydrogen-bond donors (Lipinski definition) is 2. The summed E-state index contributed by atoms with van der Waals surface area (Å²) in [6.45, 7) is 2.02. The number of nitrogen functional groups attached to an aromatic ring is 1. The Kier molecular flexibility index (Phi) is 5.24. The van der Waals surface area contributed by atoms with Gasteiger partial charge in [-0.1, -0.05) is 11.6 Å². The molecule has 1 aromatic carbocycles. The summed E-state index contributed by atoms with van der Waals surface area (Å²) in [5.41, 5.74) is 6.99. The molecule has 5 nitrogen and oxygen atoms in total. The number of halogens is 2. The van der Waals surface area contributed by atoms with Crippen molar-refractivity contribution in [3.63, 3.8) is 0 Å². The average molecular weight is 418 g/mol. The maximum atomic E-state index is 11.8. The number of hydrogen-bond acceptors (Lipinski definition) is 5. The molecule has 3 N–H and O–H groups in total. The molecule has 110 valence electrons. The van der Waals surface area contributed by atoms with Gasteiger partial charge in [0.2, 0.25) is 0 Å². The van der Waals surface area contributed by atoms with E-state index in [9.17, 15) is 4.79 Å². The van der Waals surface area contributed by atoms with E-state index in [1.165, 1.54) is 6.20 Å². The van der Waals surface area contributed by atoms with Crippen molar-refractivity contribution in [2.24, 2.45) is 0 Å². The van der Waals surface area contributed by atoms with Gasteiger partial charge in [0.1, 0.15) is 5.82 Å². The van der Waals surface area contributed by atoms with Crippen LogP contribution in [0.1, 0.15) is 17.3 Å².